The Morgan fingerprint density at radius 1 is 1.05 bits per heavy atom. The van der Waals surface area contributed by atoms with Crippen molar-refractivity contribution in [3.05, 3.63) is 29.8 Å². The van der Waals surface area contributed by atoms with E-state index in [0.29, 0.717) is 6.61 Å². The number of rotatable bonds is 2. The van der Waals surface area contributed by atoms with Crippen LogP contribution in [0.5, 0.6) is 0 Å². The highest BCUT2D eigenvalue weighted by molar-refractivity contribution is 6.61. The molecule has 2 aliphatic rings. The van der Waals surface area contributed by atoms with Gasteiger partial charge < -0.3 is 9.31 Å². The van der Waals surface area contributed by atoms with Crippen LogP contribution < -0.4 is 5.46 Å². The fraction of sp³-hybridized carbons (Fsp3) is 0.647. The Hall–Kier alpha value is -0.935. The highest BCUT2D eigenvalue weighted by Gasteiger charge is 2.47. The summed E-state index contributed by atoms with van der Waals surface area (Å²) in [5.41, 5.74) is 1.58. The van der Waals surface area contributed by atoms with Crippen LogP contribution in [0.15, 0.2) is 24.3 Å². The van der Waals surface area contributed by atoms with Crippen molar-refractivity contribution in [2.24, 2.45) is 5.41 Å². The van der Waals surface area contributed by atoms with Gasteiger partial charge in [0.15, 0.2) is 0 Å². The Labute approximate surface area is 131 Å². The minimum Gasteiger partial charge on any atom is -0.407 e. The predicted molar refractivity (Wildman–Crippen MR) is 83.6 cm³/mol. The largest absolute Gasteiger partial charge is 0.494 e. The summed E-state index contributed by atoms with van der Waals surface area (Å²) in [5, 5.41) is 0. The molecule has 0 amide bonds. The first-order valence-electron chi connectivity index (χ1n) is 7.87. The van der Waals surface area contributed by atoms with Gasteiger partial charge in [-0.25, -0.2) is 8.78 Å². The van der Waals surface area contributed by atoms with Gasteiger partial charge in [-0.05, 0) is 30.8 Å². The minimum absolute atomic E-state index is 0.0207. The third-order valence-corrected chi connectivity index (χ3v) is 5.40. The lowest BCUT2D eigenvalue weighted by atomic mass is 9.68. The zero-order chi connectivity index (χ0) is 16.2. The SMILES string of the molecule is CC1(C)COB(c2ccc(C3CC(F)(F)C3)cc2)OC1(C)C. The second-order valence-corrected chi connectivity index (χ2v) is 7.78. The summed E-state index contributed by atoms with van der Waals surface area (Å²) in [6.07, 6.45) is -0.0754. The molecular formula is C17H23BF2O2. The smallest absolute Gasteiger partial charge is 0.407 e. The lowest BCUT2D eigenvalue weighted by Gasteiger charge is -2.47. The fourth-order valence-electron chi connectivity index (χ4n) is 2.91. The van der Waals surface area contributed by atoms with E-state index in [1.54, 1.807) is 0 Å². The van der Waals surface area contributed by atoms with E-state index in [4.69, 9.17) is 9.31 Å². The normalized spacial score (nSPS) is 26.5. The van der Waals surface area contributed by atoms with Crippen molar-refractivity contribution in [3.63, 3.8) is 0 Å². The zero-order valence-corrected chi connectivity index (χ0v) is 13.7. The second-order valence-electron chi connectivity index (χ2n) is 7.78. The summed E-state index contributed by atoms with van der Waals surface area (Å²) >= 11 is 0. The van der Waals surface area contributed by atoms with E-state index in [1.165, 1.54) is 0 Å². The van der Waals surface area contributed by atoms with Crippen LogP contribution >= 0.6 is 0 Å². The number of alkyl halides is 2. The van der Waals surface area contributed by atoms with Crippen LogP contribution in [0.3, 0.4) is 0 Å². The molecular weight excluding hydrogens is 285 g/mol. The summed E-state index contributed by atoms with van der Waals surface area (Å²) in [6, 6.07) is 7.72. The lowest BCUT2D eigenvalue weighted by molar-refractivity contribution is -0.0938. The third kappa shape index (κ3) is 2.81. The zero-order valence-electron chi connectivity index (χ0n) is 13.7. The first-order chi connectivity index (χ1) is 10.1. The molecule has 0 radical (unpaired) electrons. The standard InChI is InChI=1S/C17H23BF2O2/c1-15(2)11-21-18(22-16(15,3)4)14-7-5-12(6-8-14)13-9-17(19,20)10-13/h5-8,13H,9-11H2,1-4H3. The highest BCUT2D eigenvalue weighted by Crippen LogP contribution is 2.48. The molecule has 3 rings (SSSR count). The number of halogens is 2. The maximum absolute atomic E-state index is 13.0. The Kier molecular flexibility index (Phi) is 3.65. The Bertz CT molecular complexity index is 546. The van der Waals surface area contributed by atoms with Gasteiger partial charge in [0.25, 0.3) is 0 Å². The molecule has 0 unspecified atom stereocenters. The summed E-state index contributed by atoms with van der Waals surface area (Å²) < 4.78 is 37.9. The Morgan fingerprint density at radius 2 is 1.64 bits per heavy atom. The highest BCUT2D eigenvalue weighted by atomic mass is 19.3. The van der Waals surface area contributed by atoms with E-state index in [0.717, 1.165) is 11.0 Å². The van der Waals surface area contributed by atoms with Gasteiger partial charge in [-0.2, -0.15) is 0 Å². The molecule has 1 aromatic carbocycles. The van der Waals surface area contributed by atoms with Crippen LogP contribution in [-0.2, 0) is 9.31 Å². The van der Waals surface area contributed by atoms with Crippen LogP contribution in [0.25, 0.3) is 0 Å². The van der Waals surface area contributed by atoms with Crippen molar-refractivity contribution in [1.29, 1.82) is 0 Å². The quantitative estimate of drug-likeness (QED) is 0.775. The molecule has 1 aliphatic heterocycles. The van der Waals surface area contributed by atoms with E-state index >= 15 is 0 Å². The van der Waals surface area contributed by atoms with Crippen molar-refractivity contribution in [3.8, 4) is 0 Å². The maximum Gasteiger partial charge on any atom is 0.494 e. The van der Waals surface area contributed by atoms with E-state index in [2.05, 4.69) is 27.7 Å². The molecule has 2 nitrogen and oxygen atoms in total. The molecule has 5 heteroatoms. The fourth-order valence-corrected chi connectivity index (χ4v) is 2.91. The molecule has 0 aromatic heterocycles. The van der Waals surface area contributed by atoms with Gasteiger partial charge in [-0.15, -0.1) is 0 Å². The van der Waals surface area contributed by atoms with Crippen molar-refractivity contribution in [2.75, 3.05) is 6.61 Å². The van der Waals surface area contributed by atoms with Crippen LogP contribution in [0.1, 0.15) is 52.0 Å². The van der Waals surface area contributed by atoms with Crippen molar-refractivity contribution in [1.82, 2.24) is 0 Å². The predicted octanol–water partition coefficient (Wildman–Crippen LogP) is 3.75. The molecule has 1 aliphatic carbocycles. The van der Waals surface area contributed by atoms with Crippen molar-refractivity contribution >= 4 is 12.6 Å². The van der Waals surface area contributed by atoms with Crippen LogP contribution in [0.4, 0.5) is 8.78 Å². The van der Waals surface area contributed by atoms with Crippen LogP contribution in [-0.4, -0.2) is 25.2 Å². The maximum atomic E-state index is 13.0. The molecule has 0 bridgehead atoms. The third-order valence-electron chi connectivity index (χ3n) is 5.40. The topological polar surface area (TPSA) is 18.5 Å². The van der Waals surface area contributed by atoms with Crippen LogP contribution in [0, 0.1) is 5.41 Å². The molecule has 1 saturated carbocycles. The average molecular weight is 308 g/mol. The first kappa shape index (κ1) is 15.9. The van der Waals surface area contributed by atoms with Crippen molar-refractivity contribution < 1.29 is 18.1 Å². The minimum atomic E-state index is -2.48. The van der Waals surface area contributed by atoms with E-state index < -0.39 is 5.92 Å². The van der Waals surface area contributed by atoms with Gasteiger partial charge in [0.2, 0.25) is 5.92 Å². The summed E-state index contributed by atoms with van der Waals surface area (Å²) in [4.78, 5) is 0. The van der Waals surface area contributed by atoms with Crippen molar-refractivity contribution in [2.45, 2.75) is 58.0 Å². The number of benzene rings is 1. The van der Waals surface area contributed by atoms with Gasteiger partial charge in [0.1, 0.15) is 0 Å². The van der Waals surface area contributed by atoms with E-state index in [1.807, 2.05) is 24.3 Å². The van der Waals surface area contributed by atoms with Gasteiger partial charge >= 0.3 is 7.12 Å². The number of hydrogen-bond donors (Lipinski definition) is 0. The molecule has 1 heterocycles. The van der Waals surface area contributed by atoms with Crippen LogP contribution in [0.2, 0.25) is 0 Å². The average Bonchev–Trinajstić information content (AvgIpc) is 2.39. The monoisotopic (exact) mass is 308 g/mol. The van der Waals surface area contributed by atoms with E-state index in [-0.39, 0.29) is 36.9 Å². The Balaban J connectivity index is 1.69. The van der Waals surface area contributed by atoms with Gasteiger partial charge in [0, 0.05) is 24.9 Å². The number of hydrogen-bond acceptors (Lipinski definition) is 2. The Morgan fingerprint density at radius 3 is 2.14 bits per heavy atom. The summed E-state index contributed by atoms with van der Waals surface area (Å²) in [6.45, 7) is 9.04. The lowest BCUT2D eigenvalue weighted by Crippen LogP contribution is -2.58. The molecule has 1 aromatic rings. The molecule has 2 fully saturated rings. The first-order valence-corrected chi connectivity index (χ1v) is 7.87. The molecule has 0 atom stereocenters. The van der Waals surface area contributed by atoms with E-state index in [9.17, 15) is 8.78 Å². The molecule has 120 valence electrons. The van der Waals surface area contributed by atoms with Gasteiger partial charge in [0.05, 0.1) is 5.60 Å². The second kappa shape index (κ2) is 5.03. The molecule has 0 N–H and O–H groups in total. The molecule has 22 heavy (non-hydrogen) atoms. The molecule has 0 spiro atoms. The summed E-state index contributed by atoms with van der Waals surface area (Å²) in [7, 11) is -0.389. The molecule has 1 saturated heterocycles. The van der Waals surface area contributed by atoms with Gasteiger partial charge in [-0.3, -0.25) is 0 Å². The van der Waals surface area contributed by atoms with Gasteiger partial charge in [-0.1, -0.05) is 38.1 Å². The summed E-state index contributed by atoms with van der Waals surface area (Å²) in [5.74, 6) is -2.50.